The number of aliphatic hydroxyl groups is 1. The maximum atomic E-state index is 9.25. The average Bonchev–Trinajstić information content (AvgIpc) is 2.62. The number of hydrogen-bond acceptors (Lipinski definition) is 4. The van der Waals surface area contributed by atoms with Crippen molar-refractivity contribution in [3.8, 4) is 11.5 Å². The van der Waals surface area contributed by atoms with Crippen molar-refractivity contribution in [3.05, 3.63) is 58.6 Å². The highest BCUT2D eigenvalue weighted by atomic mass is 35.5. The highest BCUT2D eigenvalue weighted by Crippen LogP contribution is 2.37. The molecular formula is C19H25Cl2NO3. The Labute approximate surface area is 160 Å². The molecule has 138 valence electrons. The third-order valence-corrected chi connectivity index (χ3v) is 4.10. The first kappa shape index (κ1) is 21.6. The van der Waals surface area contributed by atoms with Gasteiger partial charge >= 0.3 is 0 Å². The van der Waals surface area contributed by atoms with Crippen LogP contribution < -0.4 is 14.8 Å². The number of halogens is 2. The molecule has 2 aromatic carbocycles. The molecule has 1 unspecified atom stereocenters. The Morgan fingerprint density at radius 3 is 2.48 bits per heavy atom. The maximum Gasteiger partial charge on any atom is 0.180 e. The number of nitrogens with one attached hydrogen (secondary N) is 1. The zero-order chi connectivity index (χ0) is 17.4. The van der Waals surface area contributed by atoms with Crippen LogP contribution in [0.4, 0.5) is 0 Å². The van der Waals surface area contributed by atoms with Crippen LogP contribution in [0.3, 0.4) is 0 Å². The van der Waals surface area contributed by atoms with Gasteiger partial charge in [-0.3, -0.25) is 0 Å². The Morgan fingerprint density at radius 1 is 1.16 bits per heavy atom. The van der Waals surface area contributed by atoms with Crippen molar-refractivity contribution in [3.63, 3.8) is 0 Å². The third-order valence-electron chi connectivity index (χ3n) is 3.82. The summed E-state index contributed by atoms with van der Waals surface area (Å²) in [4.78, 5) is 0. The van der Waals surface area contributed by atoms with Gasteiger partial charge in [0.25, 0.3) is 0 Å². The summed E-state index contributed by atoms with van der Waals surface area (Å²) in [5.41, 5.74) is 2.05. The molecule has 1 atom stereocenters. The molecule has 0 saturated carbocycles. The summed E-state index contributed by atoms with van der Waals surface area (Å²) in [5.74, 6) is 1.15. The lowest BCUT2D eigenvalue weighted by Crippen LogP contribution is -2.31. The van der Waals surface area contributed by atoms with Crippen molar-refractivity contribution in [2.45, 2.75) is 32.5 Å². The van der Waals surface area contributed by atoms with Crippen LogP contribution in [-0.2, 0) is 13.2 Å². The highest BCUT2D eigenvalue weighted by Gasteiger charge is 2.13. The van der Waals surface area contributed by atoms with Crippen LogP contribution in [0, 0.1) is 0 Å². The lowest BCUT2D eigenvalue weighted by molar-refractivity contribution is 0.238. The van der Waals surface area contributed by atoms with E-state index in [1.165, 1.54) is 0 Å². The van der Waals surface area contributed by atoms with Gasteiger partial charge in [0.1, 0.15) is 6.61 Å². The quantitative estimate of drug-likeness (QED) is 0.678. The molecule has 0 radical (unpaired) electrons. The number of ether oxygens (including phenoxy) is 2. The molecule has 2 aromatic rings. The summed E-state index contributed by atoms with van der Waals surface area (Å²) in [5, 5.41) is 13.0. The lowest BCUT2D eigenvalue weighted by Gasteiger charge is -2.17. The fourth-order valence-electron chi connectivity index (χ4n) is 2.35. The van der Waals surface area contributed by atoms with Crippen molar-refractivity contribution >= 4 is 24.0 Å². The Balaban J connectivity index is 0.00000312. The summed E-state index contributed by atoms with van der Waals surface area (Å²) in [6.07, 6.45) is 0.861. The first-order valence-electron chi connectivity index (χ1n) is 8.05. The molecule has 0 fully saturated rings. The van der Waals surface area contributed by atoms with Gasteiger partial charge < -0.3 is 19.9 Å². The molecule has 0 aliphatic carbocycles. The number of hydrogen-bond donors (Lipinski definition) is 2. The normalized spacial score (nSPS) is 11.5. The van der Waals surface area contributed by atoms with Gasteiger partial charge in [0, 0.05) is 12.6 Å². The summed E-state index contributed by atoms with van der Waals surface area (Å²) in [6.45, 7) is 3.17. The predicted molar refractivity (Wildman–Crippen MR) is 104 cm³/mol. The zero-order valence-corrected chi connectivity index (χ0v) is 16.1. The van der Waals surface area contributed by atoms with Crippen LogP contribution in [-0.4, -0.2) is 24.9 Å². The van der Waals surface area contributed by atoms with Crippen LogP contribution in [0.2, 0.25) is 5.02 Å². The molecule has 6 heteroatoms. The van der Waals surface area contributed by atoms with E-state index in [-0.39, 0.29) is 25.1 Å². The van der Waals surface area contributed by atoms with E-state index in [0.717, 1.165) is 17.5 Å². The van der Waals surface area contributed by atoms with E-state index in [4.69, 9.17) is 21.1 Å². The second-order valence-electron chi connectivity index (χ2n) is 5.55. The molecule has 0 spiro atoms. The first-order chi connectivity index (χ1) is 11.7. The molecule has 4 nitrogen and oxygen atoms in total. The number of rotatable bonds is 9. The summed E-state index contributed by atoms with van der Waals surface area (Å²) < 4.78 is 11.3. The maximum absolute atomic E-state index is 9.25. The van der Waals surface area contributed by atoms with Gasteiger partial charge in [0.05, 0.1) is 18.7 Å². The molecule has 25 heavy (non-hydrogen) atoms. The minimum absolute atomic E-state index is 0. The Bertz CT molecular complexity index is 634. The molecular weight excluding hydrogens is 361 g/mol. The van der Waals surface area contributed by atoms with Gasteiger partial charge in [-0.25, -0.2) is 0 Å². The molecule has 0 saturated heterocycles. The number of aliphatic hydroxyl groups excluding tert-OH is 1. The number of benzene rings is 2. The van der Waals surface area contributed by atoms with Gasteiger partial charge in [-0.15, -0.1) is 12.4 Å². The summed E-state index contributed by atoms with van der Waals surface area (Å²) >= 11 is 6.38. The highest BCUT2D eigenvalue weighted by molar-refractivity contribution is 6.32. The molecule has 0 amide bonds. The van der Waals surface area contributed by atoms with Gasteiger partial charge in [-0.1, -0.05) is 48.9 Å². The van der Waals surface area contributed by atoms with Crippen LogP contribution >= 0.6 is 24.0 Å². The fourth-order valence-corrected chi connectivity index (χ4v) is 2.63. The van der Waals surface area contributed by atoms with E-state index in [1.54, 1.807) is 7.11 Å². The Kier molecular flexibility index (Phi) is 9.68. The molecule has 0 aliphatic heterocycles. The van der Waals surface area contributed by atoms with Gasteiger partial charge in [0.2, 0.25) is 0 Å². The van der Waals surface area contributed by atoms with Crippen LogP contribution in [0.25, 0.3) is 0 Å². The lowest BCUT2D eigenvalue weighted by atomic mass is 10.1. The molecule has 0 bridgehead atoms. The minimum Gasteiger partial charge on any atom is -0.493 e. The van der Waals surface area contributed by atoms with Crippen LogP contribution in [0.15, 0.2) is 42.5 Å². The van der Waals surface area contributed by atoms with Crippen molar-refractivity contribution < 1.29 is 14.6 Å². The van der Waals surface area contributed by atoms with Crippen molar-refractivity contribution in [2.24, 2.45) is 0 Å². The van der Waals surface area contributed by atoms with E-state index >= 15 is 0 Å². The van der Waals surface area contributed by atoms with Gasteiger partial charge in [-0.05, 0) is 29.7 Å². The van der Waals surface area contributed by atoms with E-state index in [9.17, 15) is 5.11 Å². The monoisotopic (exact) mass is 385 g/mol. The molecule has 0 aliphatic rings. The largest absolute Gasteiger partial charge is 0.493 e. The van der Waals surface area contributed by atoms with E-state index in [0.29, 0.717) is 29.7 Å². The van der Waals surface area contributed by atoms with Gasteiger partial charge in [-0.2, -0.15) is 0 Å². The molecule has 2 rings (SSSR count). The van der Waals surface area contributed by atoms with E-state index < -0.39 is 0 Å². The Hall–Kier alpha value is -1.46. The second-order valence-corrected chi connectivity index (χ2v) is 5.96. The number of methoxy groups -OCH3 is 1. The Morgan fingerprint density at radius 2 is 1.88 bits per heavy atom. The molecule has 0 heterocycles. The van der Waals surface area contributed by atoms with Crippen LogP contribution in [0.1, 0.15) is 24.5 Å². The summed E-state index contributed by atoms with van der Waals surface area (Å²) in [7, 11) is 1.60. The smallest absolute Gasteiger partial charge is 0.180 e. The minimum atomic E-state index is 0. The van der Waals surface area contributed by atoms with Crippen molar-refractivity contribution in [1.82, 2.24) is 5.32 Å². The fraction of sp³-hybridized carbons (Fsp3) is 0.368. The molecule has 2 N–H and O–H groups in total. The zero-order valence-electron chi connectivity index (χ0n) is 14.5. The van der Waals surface area contributed by atoms with Crippen molar-refractivity contribution in [1.29, 1.82) is 0 Å². The first-order valence-corrected chi connectivity index (χ1v) is 8.43. The summed E-state index contributed by atoms with van der Waals surface area (Å²) in [6, 6.07) is 13.7. The van der Waals surface area contributed by atoms with Crippen LogP contribution in [0.5, 0.6) is 11.5 Å². The third kappa shape index (κ3) is 6.40. The van der Waals surface area contributed by atoms with Gasteiger partial charge in [0.15, 0.2) is 11.5 Å². The average molecular weight is 386 g/mol. The topological polar surface area (TPSA) is 50.7 Å². The SMILES string of the molecule is CCC(CO)NCc1cc(Cl)c(OCc2ccccc2)c(OC)c1.Cl. The molecule has 0 aromatic heterocycles. The second kappa shape index (κ2) is 11.2. The predicted octanol–water partition coefficient (Wildman–Crippen LogP) is 4.21. The van der Waals surface area contributed by atoms with Crippen molar-refractivity contribution in [2.75, 3.05) is 13.7 Å². The van der Waals surface area contributed by atoms with E-state index in [1.807, 2.05) is 49.4 Å². The van der Waals surface area contributed by atoms with E-state index in [2.05, 4.69) is 5.32 Å². The standard InChI is InChI=1S/C19H24ClNO3.ClH/c1-3-16(12-22)21-11-15-9-17(20)19(18(10-15)23-2)24-13-14-7-5-4-6-8-14;/h4-10,16,21-22H,3,11-13H2,1-2H3;1H.